The van der Waals surface area contributed by atoms with Crippen LogP contribution in [-0.4, -0.2) is 37.0 Å². The summed E-state index contributed by atoms with van der Waals surface area (Å²) in [6.45, 7) is 4.17. The molecule has 4 aromatic rings. The molecule has 3 heterocycles. The molecule has 160 valence electrons. The van der Waals surface area contributed by atoms with Crippen molar-refractivity contribution in [2.24, 2.45) is 0 Å². The zero-order chi connectivity index (χ0) is 21.6. The van der Waals surface area contributed by atoms with Crippen LogP contribution < -0.4 is 4.74 Å². The molecule has 0 saturated carbocycles. The lowest BCUT2D eigenvalue weighted by Crippen LogP contribution is -2.01. The molecule has 8 nitrogen and oxygen atoms in total. The second kappa shape index (κ2) is 9.74. The zero-order valence-corrected chi connectivity index (χ0v) is 18.5. The van der Waals surface area contributed by atoms with Crippen molar-refractivity contribution in [3.8, 4) is 22.8 Å². The molecule has 0 amide bonds. The maximum atomic E-state index is 5.50. The van der Waals surface area contributed by atoms with Gasteiger partial charge in [0.2, 0.25) is 5.89 Å². The molecule has 9 heteroatoms. The van der Waals surface area contributed by atoms with E-state index >= 15 is 0 Å². The average Bonchev–Trinajstić information content (AvgIpc) is 3.46. The first-order valence-electron chi connectivity index (χ1n) is 10.2. The first kappa shape index (κ1) is 21.0. The first-order valence-corrected chi connectivity index (χ1v) is 11.1. The molecule has 0 bridgehead atoms. The lowest BCUT2D eigenvalue weighted by Gasteiger charge is -2.12. The molecule has 31 heavy (non-hydrogen) atoms. The van der Waals surface area contributed by atoms with Crippen LogP contribution >= 0.6 is 11.8 Å². The topological polar surface area (TPSA) is 91.8 Å². The number of nitrogens with zero attached hydrogens (tertiary/aromatic N) is 6. The van der Waals surface area contributed by atoms with Gasteiger partial charge in [-0.05, 0) is 49.7 Å². The van der Waals surface area contributed by atoms with Crippen LogP contribution in [0.5, 0.6) is 5.75 Å². The van der Waals surface area contributed by atoms with E-state index in [4.69, 9.17) is 9.26 Å². The van der Waals surface area contributed by atoms with Gasteiger partial charge in [-0.3, -0.25) is 9.55 Å². The van der Waals surface area contributed by atoms with E-state index in [9.17, 15) is 0 Å². The minimum atomic E-state index is -0.0747. The number of unbranched alkanes of at least 4 members (excludes halogenated alkanes) is 1. The Hall–Kier alpha value is -3.20. The van der Waals surface area contributed by atoms with Gasteiger partial charge >= 0.3 is 0 Å². The number of methoxy groups -OCH3 is 1. The van der Waals surface area contributed by atoms with Crippen molar-refractivity contribution in [3.63, 3.8) is 0 Å². The predicted octanol–water partition coefficient (Wildman–Crippen LogP) is 4.92. The molecule has 0 fully saturated rings. The van der Waals surface area contributed by atoms with Gasteiger partial charge in [0.25, 0.3) is 0 Å². The molecule has 1 unspecified atom stereocenters. The van der Waals surface area contributed by atoms with Crippen molar-refractivity contribution in [2.45, 2.75) is 43.5 Å². The van der Waals surface area contributed by atoms with Gasteiger partial charge in [0.1, 0.15) is 5.75 Å². The number of hydrogen-bond acceptors (Lipinski definition) is 8. The second-order valence-electron chi connectivity index (χ2n) is 6.99. The number of aryl methyl sites for hydroxylation is 1. The number of thioether (sulfide) groups is 1. The number of pyridine rings is 1. The Balaban J connectivity index is 1.67. The maximum Gasteiger partial charge on any atom is 0.239 e. The smallest absolute Gasteiger partial charge is 0.239 e. The molecule has 4 rings (SSSR count). The minimum absolute atomic E-state index is 0.0747. The average molecular weight is 437 g/mol. The Bertz CT molecular complexity index is 1110. The maximum absolute atomic E-state index is 5.50. The molecule has 1 atom stereocenters. The fraction of sp³-hybridized carbons (Fsp3) is 0.318. The highest BCUT2D eigenvalue weighted by molar-refractivity contribution is 7.99. The molecule has 0 aliphatic carbocycles. The van der Waals surface area contributed by atoms with Gasteiger partial charge < -0.3 is 9.26 Å². The monoisotopic (exact) mass is 436 g/mol. The standard InChI is InChI=1S/C22H24N6O2S/c1-4-5-6-19-24-21(30-27-19)15(2)31-22-26-25-20(16-11-13-23-14-12-16)28(22)17-7-9-18(29-3)10-8-17/h7-15H,4-6H2,1-3H3. The largest absolute Gasteiger partial charge is 0.497 e. The summed E-state index contributed by atoms with van der Waals surface area (Å²) in [5.41, 5.74) is 1.86. The fourth-order valence-corrected chi connectivity index (χ4v) is 3.97. The van der Waals surface area contributed by atoms with Crippen LogP contribution in [0, 0.1) is 0 Å². The normalized spacial score (nSPS) is 12.1. The van der Waals surface area contributed by atoms with E-state index in [1.165, 1.54) is 11.8 Å². The molecule has 0 aliphatic rings. The van der Waals surface area contributed by atoms with Crippen LogP contribution in [0.2, 0.25) is 0 Å². The molecular weight excluding hydrogens is 412 g/mol. The first-order chi connectivity index (χ1) is 15.2. The van der Waals surface area contributed by atoms with Crippen LogP contribution in [0.3, 0.4) is 0 Å². The van der Waals surface area contributed by atoms with Crippen molar-refractivity contribution >= 4 is 11.8 Å². The molecule has 0 aliphatic heterocycles. The van der Waals surface area contributed by atoms with E-state index in [0.29, 0.717) is 5.89 Å². The van der Waals surface area contributed by atoms with Gasteiger partial charge in [0.05, 0.1) is 12.4 Å². The summed E-state index contributed by atoms with van der Waals surface area (Å²) in [5, 5.41) is 13.7. The highest BCUT2D eigenvalue weighted by Gasteiger charge is 2.22. The van der Waals surface area contributed by atoms with Crippen molar-refractivity contribution in [3.05, 3.63) is 60.5 Å². The van der Waals surface area contributed by atoms with Crippen LogP contribution in [0.15, 0.2) is 58.5 Å². The zero-order valence-electron chi connectivity index (χ0n) is 17.7. The third-order valence-corrected chi connectivity index (χ3v) is 5.80. The Kier molecular flexibility index (Phi) is 6.61. The predicted molar refractivity (Wildman–Crippen MR) is 118 cm³/mol. The number of rotatable bonds is 9. The lowest BCUT2D eigenvalue weighted by molar-refractivity contribution is 0.374. The lowest BCUT2D eigenvalue weighted by atomic mass is 10.2. The summed E-state index contributed by atoms with van der Waals surface area (Å²) in [7, 11) is 1.65. The van der Waals surface area contributed by atoms with E-state index in [1.54, 1.807) is 19.5 Å². The van der Waals surface area contributed by atoms with Crippen LogP contribution in [0.1, 0.15) is 43.7 Å². The van der Waals surface area contributed by atoms with Gasteiger partial charge in [-0.15, -0.1) is 10.2 Å². The molecule has 0 radical (unpaired) electrons. The summed E-state index contributed by atoms with van der Waals surface area (Å²) in [4.78, 5) is 8.66. The highest BCUT2D eigenvalue weighted by atomic mass is 32.2. The molecule has 3 aromatic heterocycles. The number of hydrogen-bond donors (Lipinski definition) is 0. The number of benzene rings is 1. The van der Waals surface area contributed by atoms with Crippen LogP contribution in [0.25, 0.3) is 17.1 Å². The van der Waals surface area contributed by atoms with E-state index in [2.05, 4.69) is 32.2 Å². The molecule has 0 saturated heterocycles. The van der Waals surface area contributed by atoms with Gasteiger partial charge in [0.15, 0.2) is 16.8 Å². The summed E-state index contributed by atoms with van der Waals surface area (Å²) in [6, 6.07) is 11.6. The SMILES string of the molecule is CCCCc1noc(C(C)Sc2nnc(-c3ccncc3)n2-c2ccc(OC)cc2)n1. The van der Waals surface area contributed by atoms with Crippen molar-refractivity contribution in [2.75, 3.05) is 7.11 Å². The molecular formula is C22H24N6O2S. The third kappa shape index (κ3) is 4.77. The van der Waals surface area contributed by atoms with Gasteiger partial charge in [-0.25, -0.2) is 0 Å². The van der Waals surface area contributed by atoms with Crippen LogP contribution in [-0.2, 0) is 6.42 Å². The molecule has 1 aromatic carbocycles. The Morgan fingerprint density at radius 1 is 1.10 bits per heavy atom. The Morgan fingerprint density at radius 3 is 2.58 bits per heavy atom. The fourth-order valence-electron chi connectivity index (χ4n) is 3.08. The highest BCUT2D eigenvalue weighted by Crippen LogP contribution is 2.36. The van der Waals surface area contributed by atoms with Crippen LogP contribution in [0.4, 0.5) is 0 Å². The van der Waals surface area contributed by atoms with E-state index in [1.807, 2.05) is 47.9 Å². The van der Waals surface area contributed by atoms with Gasteiger partial charge in [-0.1, -0.05) is 30.3 Å². The molecule has 0 N–H and O–H groups in total. The van der Waals surface area contributed by atoms with E-state index < -0.39 is 0 Å². The van der Waals surface area contributed by atoms with E-state index in [0.717, 1.165) is 53.1 Å². The second-order valence-corrected chi connectivity index (χ2v) is 8.30. The summed E-state index contributed by atoms with van der Waals surface area (Å²) < 4.78 is 12.8. The summed E-state index contributed by atoms with van der Waals surface area (Å²) >= 11 is 1.53. The van der Waals surface area contributed by atoms with Crippen molar-refractivity contribution < 1.29 is 9.26 Å². The Morgan fingerprint density at radius 2 is 1.87 bits per heavy atom. The van der Waals surface area contributed by atoms with Crippen molar-refractivity contribution in [1.82, 2.24) is 29.9 Å². The van der Waals surface area contributed by atoms with Gasteiger partial charge in [-0.2, -0.15) is 4.98 Å². The number of ether oxygens (including phenoxy) is 1. The summed E-state index contributed by atoms with van der Waals surface area (Å²) in [6.07, 6.45) is 6.45. The Labute approximate surface area is 185 Å². The number of aromatic nitrogens is 6. The summed E-state index contributed by atoms with van der Waals surface area (Å²) in [5.74, 6) is 2.86. The van der Waals surface area contributed by atoms with Crippen molar-refractivity contribution in [1.29, 1.82) is 0 Å². The third-order valence-electron chi connectivity index (χ3n) is 4.77. The molecule has 0 spiro atoms. The van der Waals surface area contributed by atoms with E-state index in [-0.39, 0.29) is 5.25 Å². The quantitative estimate of drug-likeness (QED) is 0.342. The minimum Gasteiger partial charge on any atom is -0.497 e. The van der Waals surface area contributed by atoms with Gasteiger partial charge in [0, 0.05) is 30.1 Å².